The summed E-state index contributed by atoms with van der Waals surface area (Å²) >= 11 is 5.82. The largest absolute Gasteiger partial charge is 0.329 e. The van der Waals surface area contributed by atoms with E-state index in [1.165, 1.54) is 0 Å². The Hall–Kier alpha value is -1.55. The van der Waals surface area contributed by atoms with Crippen LogP contribution in [0.15, 0.2) is 24.3 Å². The van der Waals surface area contributed by atoms with Crippen LogP contribution in [0, 0.1) is 0 Å². The molecule has 0 radical (unpaired) electrons. The molecule has 3 amide bonds. The maximum absolute atomic E-state index is 11.9. The summed E-state index contributed by atoms with van der Waals surface area (Å²) in [6.45, 7) is 1.85. The van der Waals surface area contributed by atoms with Crippen LogP contribution in [0.1, 0.15) is 13.3 Å². The van der Waals surface area contributed by atoms with Crippen molar-refractivity contribution in [1.29, 1.82) is 0 Å². The van der Waals surface area contributed by atoms with E-state index in [9.17, 15) is 9.59 Å². The first kappa shape index (κ1) is 11.0. The fraction of sp³-hybridized carbons (Fsp3) is 0.273. The van der Waals surface area contributed by atoms with E-state index >= 15 is 0 Å². The lowest BCUT2D eigenvalue weighted by molar-refractivity contribution is -0.118. The number of hydrogen-bond acceptors (Lipinski definition) is 2. The van der Waals surface area contributed by atoms with Gasteiger partial charge in [-0.3, -0.25) is 4.79 Å². The van der Waals surface area contributed by atoms with Crippen molar-refractivity contribution in [2.75, 3.05) is 4.90 Å². The molecule has 1 heterocycles. The number of rotatable bonds is 2. The number of anilines is 1. The van der Waals surface area contributed by atoms with Crippen molar-refractivity contribution in [2.24, 2.45) is 0 Å². The molecule has 0 aliphatic carbocycles. The monoisotopic (exact) mass is 238 g/mol. The van der Waals surface area contributed by atoms with Gasteiger partial charge in [0.15, 0.2) is 0 Å². The summed E-state index contributed by atoms with van der Waals surface area (Å²) in [4.78, 5) is 24.6. The molecule has 84 valence electrons. The van der Waals surface area contributed by atoms with E-state index < -0.39 is 6.04 Å². The second-order valence-corrected chi connectivity index (χ2v) is 4.00. The zero-order chi connectivity index (χ0) is 11.7. The molecule has 5 heteroatoms. The number of imide groups is 1. The Morgan fingerprint density at radius 1 is 1.44 bits per heavy atom. The van der Waals surface area contributed by atoms with Crippen LogP contribution in [-0.4, -0.2) is 18.0 Å². The predicted molar refractivity (Wildman–Crippen MR) is 61.5 cm³/mol. The Morgan fingerprint density at radius 3 is 2.75 bits per heavy atom. The molecule has 0 aromatic heterocycles. The van der Waals surface area contributed by atoms with Crippen molar-refractivity contribution in [2.45, 2.75) is 19.4 Å². The predicted octanol–water partition coefficient (Wildman–Crippen LogP) is 2.17. The summed E-state index contributed by atoms with van der Waals surface area (Å²) < 4.78 is 0. The summed E-state index contributed by atoms with van der Waals surface area (Å²) in [5, 5.41) is 3.11. The van der Waals surface area contributed by atoms with E-state index in [1.807, 2.05) is 6.92 Å². The Morgan fingerprint density at radius 2 is 2.19 bits per heavy atom. The van der Waals surface area contributed by atoms with Gasteiger partial charge in [-0.1, -0.05) is 24.6 Å². The number of nitrogens with one attached hydrogen (secondary N) is 1. The fourth-order valence-corrected chi connectivity index (χ4v) is 1.85. The molecule has 4 nitrogen and oxygen atoms in total. The maximum atomic E-state index is 11.9. The zero-order valence-electron chi connectivity index (χ0n) is 8.74. The summed E-state index contributed by atoms with van der Waals surface area (Å²) in [5.41, 5.74) is 0.506. The lowest BCUT2D eigenvalue weighted by Gasteiger charge is -2.12. The maximum Gasteiger partial charge on any atom is 0.329 e. The summed E-state index contributed by atoms with van der Waals surface area (Å²) in [6, 6.07) is 5.86. The van der Waals surface area contributed by atoms with Crippen molar-refractivity contribution in [3.63, 3.8) is 0 Å². The third-order valence-corrected chi connectivity index (χ3v) is 2.73. The molecule has 1 fully saturated rings. The first-order chi connectivity index (χ1) is 7.63. The van der Waals surface area contributed by atoms with Crippen molar-refractivity contribution >= 4 is 29.2 Å². The third-order valence-electron chi connectivity index (χ3n) is 2.49. The van der Waals surface area contributed by atoms with Crippen LogP contribution in [0.2, 0.25) is 5.02 Å². The first-order valence-corrected chi connectivity index (χ1v) is 5.41. The Balaban J connectivity index is 2.34. The molecule has 1 aliphatic heterocycles. The number of carbonyl (C=O) groups is 2. The van der Waals surface area contributed by atoms with Gasteiger partial charge in [0.25, 0.3) is 5.91 Å². The molecule has 1 saturated heterocycles. The van der Waals surface area contributed by atoms with Crippen molar-refractivity contribution in [3.05, 3.63) is 29.3 Å². The molecule has 1 atom stereocenters. The van der Waals surface area contributed by atoms with Gasteiger partial charge in [-0.15, -0.1) is 0 Å². The van der Waals surface area contributed by atoms with Gasteiger partial charge in [-0.05, 0) is 24.6 Å². The molecule has 1 aromatic carbocycles. The van der Waals surface area contributed by atoms with Crippen LogP contribution in [0.25, 0.3) is 0 Å². The average molecular weight is 239 g/mol. The first-order valence-electron chi connectivity index (χ1n) is 5.03. The van der Waals surface area contributed by atoms with Crippen molar-refractivity contribution in [3.8, 4) is 0 Å². The van der Waals surface area contributed by atoms with Gasteiger partial charge in [0.2, 0.25) is 0 Å². The highest BCUT2D eigenvalue weighted by atomic mass is 35.5. The number of carbonyl (C=O) groups excluding carboxylic acids is 2. The van der Waals surface area contributed by atoms with Crippen LogP contribution in [-0.2, 0) is 4.79 Å². The number of hydrogen-bond donors (Lipinski definition) is 1. The van der Waals surface area contributed by atoms with Crippen molar-refractivity contribution in [1.82, 2.24) is 5.32 Å². The minimum Gasteiger partial charge on any atom is -0.325 e. The van der Waals surface area contributed by atoms with Crippen molar-refractivity contribution < 1.29 is 9.59 Å². The van der Waals surface area contributed by atoms with E-state index in [0.717, 1.165) is 4.90 Å². The third kappa shape index (κ3) is 1.76. The number of urea groups is 1. The molecule has 1 N–H and O–H groups in total. The van der Waals surface area contributed by atoms with E-state index in [2.05, 4.69) is 5.32 Å². The SMILES string of the molecule is CCC1NC(=O)N(c2cccc(Cl)c2)C1=O. The minimum atomic E-state index is -0.425. The molecule has 1 aromatic rings. The van der Waals surface area contributed by atoms with Crippen LogP contribution >= 0.6 is 11.6 Å². The normalized spacial score (nSPS) is 20.1. The second kappa shape index (κ2) is 4.14. The van der Waals surface area contributed by atoms with E-state index in [1.54, 1.807) is 24.3 Å². The Kier molecular flexibility index (Phi) is 2.83. The highest BCUT2D eigenvalue weighted by molar-refractivity contribution is 6.31. The highest BCUT2D eigenvalue weighted by Gasteiger charge is 2.37. The van der Waals surface area contributed by atoms with Crippen LogP contribution < -0.4 is 10.2 Å². The Bertz CT molecular complexity index is 447. The van der Waals surface area contributed by atoms with Gasteiger partial charge >= 0.3 is 6.03 Å². The minimum absolute atomic E-state index is 0.227. The number of halogens is 1. The van der Waals surface area contributed by atoms with Crippen LogP contribution in [0.3, 0.4) is 0 Å². The standard InChI is InChI=1S/C11H11ClN2O2/c1-2-9-10(15)14(11(16)13-9)8-5-3-4-7(12)6-8/h3-6,9H,2H2,1H3,(H,13,16). The zero-order valence-corrected chi connectivity index (χ0v) is 9.49. The summed E-state index contributed by atoms with van der Waals surface area (Å²) in [5.74, 6) is -0.227. The van der Waals surface area contributed by atoms with Gasteiger partial charge in [0.05, 0.1) is 5.69 Å². The summed E-state index contributed by atoms with van der Waals surface area (Å²) in [7, 11) is 0. The summed E-state index contributed by atoms with van der Waals surface area (Å²) in [6.07, 6.45) is 0.585. The van der Waals surface area contributed by atoms with E-state index in [-0.39, 0.29) is 11.9 Å². The van der Waals surface area contributed by atoms with Gasteiger partial charge in [-0.25, -0.2) is 9.69 Å². The lowest BCUT2D eigenvalue weighted by Crippen LogP contribution is -2.31. The van der Waals surface area contributed by atoms with Gasteiger partial charge in [0.1, 0.15) is 6.04 Å². The molecular weight excluding hydrogens is 228 g/mol. The number of benzene rings is 1. The molecule has 0 spiro atoms. The molecule has 16 heavy (non-hydrogen) atoms. The molecule has 1 unspecified atom stereocenters. The van der Waals surface area contributed by atoms with Crippen LogP contribution in [0.5, 0.6) is 0 Å². The fourth-order valence-electron chi connectivity index (χ4n) is 1.67. The molecule has 1 aliphatic rings. The number of amides is 3. The molecule has 0 saturated carbocycles. The number of nitrogens with zero attached hydrogens (tertiary/aromatic N) is 1. The van der Waals surface area contributed by atoms with E-state index in [0.29, 0.717) is 17.1 Å². The Labute approximate surface area is 98.2 Å². The molecule has 0 bridgehead atoms. The van der Waals surface area contributed by atoms with E-state index in [4.69, 9.17) is 11.6 Å². The van der Waals surface area contributed by atoms with Gasteiger partial charge in [0, 0.05) is 5.02 Å². The highest BCUT2D eigenvalue weighted by Crippen LogP contribution is 2.23. The van der Waals surface area contributed by atoms with Gasteiger partial charge < -0.3 is 5.32 Å². The molecule has 2 rings (SSSR count). The van der Waals surface area contributed by atoms with Gasteiger partial charge in [-0.2, -0.15) is 0 Å². The smallest absolute Gasteiger partial charge is 0.325 e. The quantitative estimate of drug-likeness (QED) is 0.803. The van der Waals surface area contributed by atoms with Crippen LogP contribution in [0.4, 0.5) is 10.5 Å². The second-order valence-electron chi connectivity index (χ2n) is 3.56. The topological polar surface area (TPSA) is 49.4 Å². The molecular formula is C11H11ClN2O2. The lowest BCUT2D eigenvalue weighted by atomic mass is 10.2. The average Bonchev–Trinajstić information content (AvgIpc) is 2.53.